The summed E-state index contributed by atoms with van der Waals surface area (Å²) in [5.74, 6) is 0.182. The molecule has 0 spiro atoms. The number of aryl methyl sites for hydroxylation is 1. The first-order chi connectivity index (χ1) is 13.5. The minimum atomic E-state index is -0.336. The van der Waals surface area contributed by atoms with E-state index in [9.17, 15) is 9.18 Å². The summed E-state index contributed by atoms with van der Waals surface area (Å²) in [5.41, 5.74) is 1.48. The number of carbonyl (C=O) groups is 1. The Balaban J connectivity index is 1.89. The van der Waals surface area contributed by atoms with Crippen LogP contribution in [0.2, 0.25) is 0 Å². The molecule has 0 aliphatic carbocycles. The fraction of sp³-hybridized carbons (Fsp3) is 0.304. The van der Waals surface area contributed by atoms with Crippen molar-refractivity contribution in [2.45, 2.75) is 38.8 Å². The summed E-state index contributed by atoms with van der Waals surface area (Å²) in [6.07, 6.45) is 3.79. The first-order valence-electron chi connectivity index (χ1n) is 9.52. The molecule has 0 radical (unpaired) electrons. The van der Waals surface area contributed by atoms with Crippen molar-refractivity contribution in [3.05, 3.63) is 89.8 Å². The Hall–Kier alpha value is -2.95. The van der Waals surface area contributed by atoms with Gasteiger partial charge in [-0.1, -0.05) is 48.5 Å². The zero-order valence-corrected chi connectivity index (χ0v) is 16.5. The lowest BCUT2D eigenvalue weighted by Gasteiger charge is -2.29. The third-order valence-electron chi connectivity index (χ3n) is 5.04. The molecule has 3 rings (SSSR count). The fourth-order valence-electron chi connectivity index (χ4n) is 3.40. The number of benzene rings is 2. The second-order valence-electron chi connectivity index (χ2n) is 7.26. The number of rotatable bonds is 7. The van der Waals surface area contributed by atoms with Gasteiger partial charge in [0.1, 0.15) is 11.6 Å². The number of carbonyl (C=O) groups excluding carboxylic acids is 1. The standard InChI is InChI=1S/C23H26FN3O/c1-17(2)27(16-22-25-13-14-26(22)3)23(28)15-20(18-9-5-4-6-10-18)19-11-7-8-12-21(19)24/h4-14,17,20H,15-16H2,1-3H3. The van der Waals surface area contributed by atoms with Crippen LogP contribution in [-0.4, -0.2) is 26.4 Å². The normalized spacial score (nSPS) is 12.2. The van der Waals surface area contributed by atoms with Gasteiger partial charge in [0.2, 0.25) is 5.91 Å². The van der Waals surface area contributed by atoms with E-state index in [2.05, 4.69) is 4.98 Å². The Labute approximate surface area is 165 Å². The van der Waals surface area contributed by atoms with Gasteiger partial charge >= 0.3 is 0 Å². The van der Waals surface area contributed by atoms with Crippen LogP contribution in [0.1, 0.15) is 43.1 Å². The average Bonchev–Trinajstić information content (AvgIpc) is 3.10. The molecule has 0 aliphatic heterocycles. The van der Waals surface area contributed by atoms with Crippen molar-refractivity contribution >= 4 is 5.91 Å². The Kier molecular flexibility index (Phi) is 6.24. The SMILES string of the molecule is CC(C)N(Cc1nccn1C)C(=O)CC(c1ccccc1)c1ccccc1F. The van der Waals surface area contributed by atoms with Crippen LogP contribution in [0.5, 0.6) is 0 Å². The van der Waals surface area contributed by atoms with Crippen LogP contribution in [0.4, 0.5) is 4.39 Å². The molecular formula is C23H26FN3O. The van der Waals surface area contributed by atoms with Crippen LogP contribution >= 0.6 is 0 Å². The van der Waals surface area contributed by atoms with E-state index in [0.29, 0.717) is 12.1 Å². The van der Waals surface area contributed by atoms with Gasteiger partial charge in [-0.15, -0.1) is 0 Å². The summed E-state index contributed by atoms with van der Waals surface area (Å²) in [6, 6.07) is 16.4. The van der Waals surface area contributed by atoms with Crippen LogP contribution in [-0.2, 0) is 18.4 Å². The number of hydrogen-bond acceptors (Lipinski definition) is 2. The van der Waals surface area contributed by atoms with Gasteiger partial charge in [-0.05, 0) is 31.0 Å². The van der Waals surface area contributed by atoms with Crippen LogP contribution in [0.25, 0.3) is 0 Å². The molecule has 28 heavy (non-hydrogen) atoms. The second kappa shape index (κ2) is 8.83. The van der Waals surface area contributed by atoms with Crippen LogP contribution in [0.15, 0.2) is 67.0 Å². The second-order valence-corrected chi connectivity index (χ2v) is 7.26. The Morgan fingerprint density at radius 2 is 1.79 bits per heavy atom. The van der Waals surface area contributed by atoms with E-state index >= 15 is 0 Å². The largest absolute Gasteiger partial charge is 0.337 e. The van der Waals surface area contributed by atoms with E-state index in [1.54, 1.807) is 23.2 Å². The van der Waals surface area contributed by atoms with E-state index < -0.39 is 0 Å². The Morgan fingerprint density at radius 1 is 1.11 bits per heavy atom. The number of aromatic nitrogens is 2. The van der Waals surface area contributed by atoms with Gasteiger partial charge in [0.05, 0.1) is 6.54 Å². The summed E-state index contributed by atoms with van der Waals surface area (Å²) in [4.78, 5) is 19.4. The average molecular weight is 379 g/mol. The van der Waals surface area contributed by atoms with Gasteiger partial charge in [0.15, 0.2) is 0 Å². The molecule has 0 saturated carbocycles. The molecule has 1 aromatic heterocycles. The van der Waals surface area contributed by atoms with Crippen molar-refractivity contribution in [2.75, 3.05) is 0 Å². The van der Waals surface area contributed by atoms with E-state index in [-0.39, 0.29) is 30.1 Å². The van der Waals surface area contributed by atoms with Gasteiger partial charge in [-0.3, -0.25) is 4.79 Å². The number of nitrogens with zero attached hydrogens (tertiary/aromatic N) is 3. The van der Waals surface area contributed by atoms with Gasteiger partial charge < -0.3 is 9.47 Å². The predicted octanol–water partition coefficient (Wildman–Crippen LogP) is 4.52. The molecule has 3 aromatic rings. The number of hydrogen-bond donors (Lipinski definition) is 0. The highest BCUT2D eigenvalue weighted by atomic mass is 19.1. The molecule has 0 saturated heterocycles. The number of imidazole rings is 1. The summed E-state index contributed by atoms with van der Waals surface area (Å²) in [5, 5.41) is 0. The summed E-state index contributed by atoms with van der Waals surface area (Å²) in [6.45, 7) is 4.40. The zero-order valence-electron chi connectivity index (χ0n) is 16.5. The minimum Gasteiger partial charge on any atom is -0.337 e. The Morgan fingerprint density at radius 3 is 2.39 bits per heavy atom. The third kappa shape index (κ3) is 4.47. The van der Waals surface area contributed by atoms with Crippen LogP contribution in [0.3, 0.4) is 0 Å². The predicted molar refractivity (Wildman–Crippen MR) is 108 cm³/mol. The monoisotopic (exact) mass is 379 g/mol. The molecule has 2 aromatic carbocycles. The molecule has 146 valence electrons. The highest BCUT2D eigenvalue weighted by molar-refractivity contribution is 5.78. The van der Waals surface area contributed by atoms with Gasteiger partial charge in [0, 0.05) is 37.8 Å². The molecule has 1 heterocycles. The van der Waals surface area contributed by atoms with E-state index in [0.717, 1.165) is 11.4 Å². The van der Waals surface area contributed by atoms with Crippen LogP contribution in [0, 0.1) is 5.82 Å². The molecule has 1 atom stereocenters. The minimum absolute atomic E-state index is 0.0150. The maximum Gasteiger partial charge on any atom is 0.224 e. The first kappa shape index (κ1) is 19.8. The third-order valence-corrected chi connectivity index (χ3v) is 5.04. The molecular weight excluding hydrogens is 353 g/mol. The summed E-state index contributed by atoms with van der Waals surface area (Å²) in [7, 11) is 1.91. The van der Waals surface area contributed by atoms with Gasteiger partial charge in [-0.25, -0.2) is 9.37 Å². The first-order valence-corrected chi connectivity index (χ1v) is 9.52. The molecule has 0 fully saturated rings. The van der Waals surface area contributed by atoms with Gasteiger partial charge in [0.25, 0.3) is 0 Å². The van der Waals surface area contributed by atoms with Crippen molar-refractivity contribution in [3.8, 4) is 0 Å². The highest BCUT2D eigenvalue weighted by Crippen LogP contribution is 2.31. The molecule has 0 N–H and O–H groups in total. The topological polar surface area (TPSA) is 38.1 Å². The molecule has 4 nitrogen and oxygen atoms in total. The van der Waals surface area contributed by atoms with Crippen molar-refractivity contribution < 1.29 is 9.18 Å². The van der Waals surface area contributed by atoms with E-state index in [4.69, 9.17) is 0 Å². The van der Waals surface area contributed by atoms with E-state index in [1.165, 1.54) is 6.07 Å². The van der Waals surface area contributed by atoms with Crippen molar-refractivity contribution in [1.82, 2.24) is 14.5 Å². The number of amides is 1. The Bertz CT molecular complexity index is 920. The lowest BCUT2D eigenvalue weighted by molar-refractivity contribution is -0.134. The highest BCUT2D eigenvalue weighted by Gasteiger charge is 2.26. The van der Waals surface area contributed by atoms with Gasteiger partial charge in [-0.2, -0.15) is 0 Å². The fourth-order valence-corrected chi connectivity index (χ4v) is 3.40. The zero-order chi connectivity index (χ0) is 20.1. The lowest BCUT2D eigenvalue weighted by atomic mass is 9.87. The smallest absolute Gasteiger partial charge is 0.224 e. The number of halogens is 1. The van der Waals surface area contributed by atoms with Crippen molar-refractivity contribution in [1.29, 1.82) is 0 Å². The van der Waals surface area contributed by atoms with Crippen LogP contribution < -0.4 is 0 Å². The quantitative estimate of drug-likeness (QED) is 0.605. The summed E-state index contributed by atoms with van der Waals surface area (Å²) >= 11 is 0. The summed E-state index contributed by atoms with van der Waals surface area (Å²) < 4.78 is 16.5. The van der Waals surface area contributed by atoms with E-state index in [1.807, 2.05) is 68.1 Å². The molecule has 1 amide bonds. The maximum absolute atomic E-state index is 14.6. The molecule has 5 heteroatoms. The molecule has 1 unspecified atom stereocenters. The molecule has 0 aliphatic rings. The lowest BCUT2D eigenvalue weighted by Crippen LogP contribution is -2.38. The van der Waals surface area contributed by atoms with Crippen molar-refractivity contribution in [3.63, 3.8) is 0 Å². The maximum atomic E-state index is 14.6. The van der Waals surface area contributed by atoms with Crippen molar-refractivity contribution in [2.24, 2.45) is 7.05 Å². The molecule has 0 bridgehead atoms.